The summed E-state index contributed by atoms with van der Waals surface area (Å²) < 4.78 is 1.42. The van der Waals surface area contributed by atoms with Crippen LogP contribution in [-0.4, -0.2) is 6.54 Å². The van der Waals surface area contributed by atoms with Gasteiger partial charge in [0.15, 0.2) is 0 Å². The van der Waals surface area contributed by atoms with Crippen LogP contribution < -0.4 is 5.32 Å². The van der Waals surface area contributed by atoms with Gasteiger partial charge in [-0.2, -0.15) is 0 Å². The van der Waals surface area contributed by atoms with Gasteiger partial charge >= 0.3 is 0 Å². The van der Waals surface area contributed by atoms with Crippen molar-refractivity contribution < 1.29 is 0 Å². The predicted octanol–water partition coefficient (Wildman–Crippen LogP) is 5.78. The van der Waals surface area contributed by atoms with Crippen molar-refractivity contribution in [1.29, 1.82) is 0 Å². The molecule has 1 rings (SSSR count). The van der Waals surface area contributed by atoms with E-state index in [0.29, 0.717) is 6.04 Å². The molecule has 0 radical (unpaired) electrons. The molecule has 1 aromatic carbocycles. The van der Waals surface area contributed by atoms with Gasteiger partial charge in [0.2, 0.25) is 0 Å². The van der Waals surface area contributed by atoms with E-state index in [0.717, 1.165) is 13.0 Å². The summed E-state index contributed by atoms with van der Waals surface area (Å²) >= 11 is 2.49. The molecule has 1 nitrogen and oxygen atoms in total. The number of halogens is 1. The molecule has 2 heteroatoms. The quantitative estimate of drug-likeness (QED) is 0.306. The van der Waals surface area contributed by atoms with E-state index < -0.39 is 0 Å². The Hall–Kier alpha value is -0.350. The fraction of sp³-hybridized carbons (Fsp3) is 0.556. The average Bonchev–Trinajstić information content (AvgIpc) is 2.45. The van der Waals surface area contributed by atoms with Gasteiger partial charge in [-0.15, -0.1) is 6.58 Å². The molecule has 1 unspecified atom stereocenters. The summed E-state index contributed by atoms with van der Waals surface area (Å²) in [6, 6.07) is 7.17. The van der Waals surface area contributed by atoms with Gasteiger partial charge in [-0.1, -0.05) is 44.0 Å². The number of allylic oxidation sites excluding steroid dienone is 1. The van der Waals surface area contributed by atoms with Crippen molar-refractivity contribution in [1.82, 2.24) is 5.32 Å². The Morgan fingerprint density at radius 2 is 2.10 bits per heavy atom. The van der Waals surface area contributed by atoms with Gasteiger partial charge in [-0.25, -0.2) is 0 Å². The zero-order chi connectivity index (χ0) is 14.8. The molecule has 1 atom stereocenters. The zero-order valence-electron chi connectivity index (χ0n) is 12.9. The van der Waals surface area contributed by atoms with E-state index in [2.05, 4.69) is 66.5 Å². The van der Waals surface area contributed by atoms with Gasteiger partial charge in [-0.3, -0.25) is 0 Å². The molecule has 0 saturated carbocycles. The van der Waals surface area contributed by atoms with Crippen molar-refractivity contribution >= 4 is 22.6 Å². The van der Waals surface area contributed by atoms with E-state index in [9.17, 15) is 0 Å². The van der Waals surface area contributed by atoms with Crippen LogP contribution in [0.4, 0.5) is 0 Å². The van der Waals surface area contributed by atoms with Crippen molar-refractivity contribution in [2.24, 2.45) is 0 Å². The van der Waals surface area contributed by atoms with Gasteiger partial charge in [0, 0.05) is 9.61 Å². The van der Waals surface area contributed by atoms with E-state index in [1.54, 1.807) is 0 Å². The average molecular weight is 385 g/mol. The molecule has 0 fully saturated rings. The maximum atomic E-state index is 3.79. The SMILES string of the molecule is C=CCCCCCC(NCCC)c1cccc(C)c1I. The molecule has 112 valence electrons. The van der Waals surface area contributed by atoms with Gasteiger partial charge in [0.05, 0.1) is 0 Å². The van der Waals surface area contributed by atoms with Gasteiger partial charge in [-0.05, 0) is 72.9 Å². The second-order valence-corrected chi connectivity index (χ2v) is 6.49. The van der Waals surface area contributed by atoms with Crippen LogP contribution in [0.1, 0.15) is 62.6 Å². The molecule has 0 bridgehead atoms. The first kappa shape index (κ1) is 17.7. The molecule has 0 spiro atoms. The number of hydrogen-bond donors (Lipinski definition) is 1. The lowest BCUT2D eigenvalue weighted by atomic mass is 9.98. The summed E-state index contributed by atoms with van der Waals surface area (Å²) in [5, 5.41) is 3.72. The summed E-state index contributed by atoms with van der Waals surface area (Å²) in [7, 11) is 0. The third-order valence-corrected chi connectivity index (χ3v) is 5.11. The minimum absolute atomic E-state index is 0.505. The van der Waals surface area contributed by atoms with Crippen LogP contribution >= 0.6 is 22.6 Å². The fourth-order valence-electron chi connectivity index (χ4n) is 2.44. The molecule has 0 saturated heterocycles. The van der Waals surface area contributed by atoms with Crippen LogP contribution in [0.5, 0.6) is 0 Å². The van der Waals surface area contributed by atoms with Crippen LogP contribution in [0.3, 0.4) is 0 Å². The Kier molecular flexibility index (Phi) is 9.19. The van der Waals surface area contributed by atoms with Crippen molar-refractivity contribution in [3.63, 3.8) is 0 Å². The normalized spacial score (nSPS) is 12.3. The summed E-state index contributed by atoms with van der Waals surface area (Å²) in [5.41, 5.74) is 2.86. The third kappa shape index (κ3) is 5.96. The highest BCUT2D eigenvalue weighted by Crippen LogP contribution is 2.27. The van der Waals surface area contributed by atoms with Gasteiger partial charge in [0.1, 0.15) is 0 Å². The largest absolute Gasteiger partial charge is 0.310 e. The molecular formula is C18H28IN. The molecule has 0 heterocycles. The minimum Gasteiger partial charge on any atom is -0.310 e. The topological polar surface area (TPSA) is 12.0 Å². The number of rotatable bonds is 10. The van der Waals surface area contributed by atoms with E-state index in [1.165, 1.54) is 46.8 Å². The molecule has 1 N–H and O–H groups in total. The monoisotopic (exact) mass is 385 g/mol. The molecule has 0 aliphatic heterocycles. The Morgan fingerprint density at radius 3 is 2.80 bits per heavy atom. The zero-order valence-corrected chi connectivity index (χ0v) is 15.1. The van der Waals surface area contributed by atoms with E-state index in [4.69, 9.17) is 0 Å². The van der Waals surface area contributed by atoms with E-state index >= 15 is 0 Å². The first-order valence-electron chi connectivity index (χ1n) is 7.80. The van der Waals surface area contributed by atoms with E-state index in [1.807, 2.05) is 6.08 Å². The molecule has 1 aromatic rings. The fourth-order valence-corrected chi connectivity index (χ4v) is 3.17. The van der Waals surface area contributed by atoms with Gasteiger partial charge in [0.25, 0.3) is 0 Å². The number of unbranched alkanes of at least 4 members (excludes halogenated alkanes) is 3. The standard InChI is InChI=1S/C18H28IN/c1-4-6-7-8-9-13-17(20-14-5-2)16-12-10-11-15(3)18(16)19/h4,10-12,17,20H,1,5-9,13-14H2,2-3H3. The molecule has 0 amide bonds. The van der Waals surface area contributed by atoms with Crippen molar-refractivity contribution in [2.75, 3.05) is 6.54 Å². The van der Waals surface area contributed by atoms with Crippen LogP contribution in [-0.2, 0) is 0 Å². The predicted molar refractivity (Wildman–Crippen MR) is 98.2 cm³/mol. The van der Waals surface area contributed by atoms with Crippen molar-refractivity contribution in [3.05, 3.63) is 45.6 Å². The number of aryl methyl sites for hydroxylation is 1. The highest BCUT2D eigenvalue weighted by atomic mass is 127. The number of hydrogen-bond acceptors (Lipinski definition) is 1. The highest BCUT2D eigenvalue weighted by Gasteiger charge is 2.14. The summed E-state index contributed by atoms with van der Waals surface area (Å²) in [5.74, 6) is 0. The molecule has 0 aliphatic carbocycles. The lowest BCUT2D eigenvalue weighted by molar-refractivity contribution is 0.470. The summed E-state index contributed by atoms with van der Waals surface area (Å²) in [6.07, 6.45) is 9.46. The Bertz CT molecular complexity index is 400. The molecular weight excluding hydrogens is 357 g/mol. The van der Waals surface area contributed by atoms with E-state index in [-0.39, 0.29) is 0 Å². The maximum Gasteiger partial charge on any atom is 0.0330 e. The Labute approximate surface area is 138 Å². The summed E-state index contributed by atoms with van der Waals surface area (Å²) in [6.45, 7) is 9.32. The second kappa shape index (κ2) is 10.4. The number of benzene rings is 1. The minimum atomic E-state index is 0.505. The lowest BCUT2D eigenvalue weighted by Crippen LogP contribution is -2.23. The van der Waals surface area contributed by atoms with Crippen molar-refractivity contribution in [3.8, 4) is 0 Å². The molecule has 20 heavy (non-hydrogen) atoms. The first-order chi connectivity index (χ1) is 9.70. The molecule has 0 aromatic heterocycles. The van der Waals surface area contributed by atoms with Crippen LogP contribution in [0.2, 0.25) is 0 Å². The van der Waals surface area contributed by atoms with Crippen LogP contribution in [0.15, 0.2) is 30.9 Å². The number of nitrogens with one attached hydrogen (secondary N) is 1. The molecule has 0 aliphatic rings. The third-order valence-electron chi connectivity index (χ3n) is 3.64. The Morgan fingerprint density at radius 1 is 1.30 bits per heavy atom. The summed E-state index contributed by atoms with van der Waals surface area (Å²) in [4.78, 5) is 0. The smallest absolute Gasteiger partial charge is 0.0330 e. The maximum absolute atomic E-state index is 3.79. The van der Waals surface area contributed by atoms with Crippen LogP contribution in [0, 0.1) is 10.5 Å². The van der Waals surface area contributed by atoms with Crippen LogP contribution in [0.25, 0.3) is 0 Å². The van der Waals surface area contributed by atoms with Gasteiger partial charge < -0.3 is 5.32 Å². The first-order valence-corrected chi connectivity index (χ1v) is 8.87. The van der Waals surface area contributed by atoms with Crippen molar-refractivity contribution in [2.45, 2.75) is 58.4 Å². The second-order valence-electron chi connectivity index (χ2n) is 5.41. The lowest BCUT2D eigenvalue weighted by Gasteiger charge is -2.21. The highest BCUT2D eigenvalue weighted by molar-refractivity contribution is 14.1. The Balaban J connectivity index is 2.63.